The third-order valence-corrected chi connectivity index (χ3v) is 5.83. The molecule has 2 aliphatic rings. The summed E-state index contributed by atoms with van der Waals surface area (Å²) in [6, 6.07) is 8.80. The van der Waals surface area contributed by atoms with Crippen molar-refractivity contribution >= 4 is 5.91 Å². The highest BCUT2D eigenvalue weighted by atomic mass is 16.5. The highest BCUT2D eigenvalue weighted by Crippen LogP contribution is 2.21. The number of rotatable bonds is 6. The van der Waals surface area contributed by atoms with E-state index in [4.69, 9.17) is 4.74 Å². The Kier molecular flexibility index (Phi) is 6.92. The number of carbonyl (C=O) groups is 1. The number of nitrogens with zero attached hydrogens (tertiary/aromatic N) is 1. The molecule has 2 N–H and O–H groups in total. The topological polar surface area (TPSA) is 53.6 Å². The number of amides is 1. The maximum absolute atomic E-state index is 12.4. The van der Waals surface area contributed by atoms with Gasteiger partial charge >= 0.3 is 0 Å². The smallest absolute Gasteiger partial charge is 0.223 e. The molecule has 1 aromatic rings. The van der Waals surface area contributed by atoms with Crippen molar-refractivity contribution in [1.82, 2.24) is 15.5 Å². The SMILES string of the molecule is COc1ccc(CN2CCC(CNC(=O)[C@H]3CCN[C@@H](C)C3)CC2)cc1. The van der Waals surface area contributed by atoms with Crippen molar-refractivity contribution in [3.05, 3.63) is 29.8 Å². The normalized spacial score (nSPS) is 25.0. The molecule has 2 aliphatic heterocycles. The summed E-state index contributed by atoms with van der Waals surface area (Å²) in [6.07, 6.45) is 4.26. The molecule has 3 rings (SSSR count). The second-order valence-corrected chi connectivity index (χ2v) is 7.89. The standard InChI is InChI=1S/C21H33N3O2/c1-16-13-19(7-10-22-16)21(25)23-14-17-8-11-24(12-9-17)15-18-3-5-20(26-2)6-4-18/h3-6,16-17,19,22H,7-15H2,1-2H3,(H,23,25)/t16-,19-/m0/s1. The molecule has 0 radical (unpaired) electrons. The van der Waals surface area contributed by atoms with Gasteiger partial charge in [-0.2, -0.15) is 0 Å². The monoisotopic (exact) mass is 359 g/mol. The summed E-state index contributed by atoms with van der Waals surface area (Å²) in [5, 5.41) is 6.63. The van der Waals surface area contributed by atoms with Crippen molar-refractivity contribution in [2.75, 3.05) is 33.3 Å². The lowest BCUT2D eigenvalue weighted by molar-refractivity contribution is -0.126. The van der Waals surface area contributed by atoms with Crippen molar-refractivity contribution < 1.29 is 9.53 Å². The van der Waals surface area contributed by atoms with Gasteiger partial charge < -0.3 is 15.4 Å². The van der Waals surface area contributed by atoms with E-state index in [1.54, 1.807) is 7.11 Å². The van der Waals surface area contributed by atoms with E-state index in [2.05, 4.69) is 34.6 Å². The molecular formula is C21H33N3O2. The van der Waals surface area contributed by atoms with Crippen molar-refractivity contribution in [2.24, 2.45) is 11.8 Å². The summed E-state index contributed by atoms with van der Waals surface area (Å²) >= 11 is 0. The van der Waals surface area contributed by atoms with Gasteiger partial charge in [-0.3, -0.25) is 9.69 Å². The van der Waals surface area contributed by atoms with Crippen molar-refractivity contribution in [3.8, 4) is 5.75 Å². The lowest BCUT2D eigenvalue weighted by atomic mass is 9.91. The average molecular weight is 360 g/mol. The first kappa shape index (κ1) is 19.2. The van der Waals surface area contributed by atoms with Gasteiger partial charge in [0.25, 0.3) is 0 Å². The number of piperidine rings is 2. The number of likely N-dealkylation sites (tertiary alicyclic amines) is 1. The first-order valence-electron chi connectivity index (χ1n) is 10.0. The number of nitrogens with one attached hydrogen (secondary N) is 2. The van der Waals surface area contributed by atoms with Gasteiger partial charge in [-0.1, -0.05) is 12.1 Å². The molecule has 0 unspecified atom stereocenters. The molecule has 0 saturated carbocycles. The summed E-state index contributed by atoms with van der Waals surface area (Å²) in [5.41, 5.74) is 1.33. The lowest BCUT2D eigenvalue weighted by Crippen LogP contribution is -2.44. The van der Waals surface area contributed by atoms with Crippen LogP contribution in [0.5, 0.6) is 5.75 Å². The zero-order valence-corrected chi connectivity index (χ0v) is 16.2. The average Bonchev–Trinajstić information content (AvgIpc) is 2.68. The number of methoxy groups -OCH3 is 1. The van der Waals surface area contributed by atoms with Crippen LogP contribution in [0.15, 0.2) is 24.3 Å². The van der Waals surface area contributed by atoms with E-state index in [0.29, 0.717) is 12.0 Å². The number of hydrogen-bond acceptors (Lipinski definition) is 4. The Hall–Kier alpha value is -1.59. The van der Waals surface area contributed by atoms with Crippen LogP contribution in [0.3, 0.4) is 0 Å². The van der Waals surface area contributed by atoms with Gasteiger partial charge in [0.05, 0.1) is 7.11 Å². The molecule has 26 heavy (non-hydrogen) atoms. The quantitative estimate of drug-likeness (QED) is 0.819. The first-order chi connectivity index (χ1) is 12.6. The molecule has 1 amide bonds. The molecule has 0 bridgehead atoms. The van der Waals surface area contributed by atoms with Crippen LogP contribution in [0.2, 0.25) is 0 Å². The van der Waals surface area contributed by atoms with E-state index >= 15 is 0 Å². The van der Waals surface area contributed by atoms with Crippen LogP contribution < -0.4 is 15.4 Å². The zero-order chi connectivity index (χ0) is 18.4. The fraction of sp³-hybridized carbons (Fsp3) is 0.667. The van der Waals surface area contributed by atoms with E-state index in [-0.39, 0.29) is 11.8 Å². The summed E-state index contributed by atoms with van der Waals surface area (Å²) in [6.45, 7) is 7.18. The third kappa shape index (κ3) is 5.45. The molecule has 0 spiro atoms. The van der Waals surface area contributed by atoms with E-state index in [1.807, 2.05) is 12.1 Å². The van der Waals surface area contributed by atoms with Gasteiger partial charge in [-0.25, -0.2) is 0 Å². The Morgan fingerprint density at radius 3 is 2.62 bits per heavy atom. The van der Waals surface area contributed by atoms with Crippen LogP contribution in [0.1, 0.15) is 38.2 Å². The fourth-order valence-corrected chi connectivity index (χ4v) is 4.10. The summed E-state index contributed by atoms with van der Waals surface area (Å²) < 4.78 is 5.22. The van der Waals surface area contributed by atoms with Crippen molar-refractivity contribution in [3.63, 3.8) is 0 Å². The molecule has 2 atom stereocenters. The van der Waals surface area contributed by atoms with Gasteiger partial charge in [0.2, 0.25) is 5.91 Å². The maximum Gasteiger partial charge on any atom is 0.223 e. The van der Waals surface area contributed by atoms with Crippen molar-refractivity contribution in [2.45, 2.75) is 45.2 Å². The van der Waals surface area contributed by atoms with Gasteiger partial charge in [0.1, 0.15) is 5.75 Å². The molecule has 5 nitrogen and oxygen atoms in total. The minimum absolute atomic E-state index is 0.196. The Bertz CT molecular complexity index is 567. The second-order valence-electron chi connectivity index (χ2n) is 7.89. The van der Waals surface area contributed by atoms with E-state index in [1.165, 1.54) is 18.4 Å². The summed E-state index contributed by atoms with van der Waals surface area (Å²) in [4.78, 5) is 14.9. The van der Waals surface area contributed by atoms with E-state index < -0.39 is 0 Å². The van der Waals surface area contributed by atoms with Crippen LogP contribution in [-0.2, 0) is 11.3 Å². The highest BCUT2D eigenvalue weighted by Gasteiger charge is 2.26. The number of carbonyl (C=O) groups excluding carboxylic acids is 1. The van der Waals surface area contributed by atoms with E-state index in [9.17, 15) is 4.79 Å². The van der Waals surface area contributed by atoms with E-state index in [0.717, 1.165) is 51.3 Å². The molecule has 0 aliphatic carbocycles. The number of benzene rings is 1. The summed E-state index contributed by atoms with van der Waals surface area (Å²) in [5.74, 6) is 1.98. The second kappa shape index (κ2) is 9.38. The van der Waals surface area contributed by atoms with Crippen LogP contribution >= 0.6 is 0 Å². The third-order valence-electron chi connectivity index (χ3n) is 5.83. The van der Waals surface area contributed by atoms with Crippen LogP contribution in [-0.4, -0.2) is 50.1 Å². The first-order valence-corrected chi connectivity index (χ1v) is 10.0. The van der Waals surface area contributed by atoms with Crippen LogP contribution in [0.25, 0.3) is 0 Å². The predicted molar refractivity (Wildman–Crippen MR) is 104 cm³/mol. The molecule has 2 heterocycles. The molecule has 2 fully saturated rings. The predicted octanol–water partition coefficient (Wildman–Crippen LogP) is 2.41. The zero-order valence-electron chi connectivity index (χ0n) is 16.2. The van der Waals surface area contributed by atoms with Gasteiger partial charge in [0, 0.05) is 25.0 Å². The molecular weight excluding hydrogens is 326 g/mol. The number of ether oxygens (including phenoxy) is 1. The highest BCUT2D eigenvalue weighted by molar-refractivity contribution is 5.78. The van der Waals surface area contributed by atoms with Gasteiger partial charge in [-0.15, -0.1) is 0 Å². The summed E-state index contributed by atoms with van der Waals surface area (Å²) in [7, 11) is 1.70. The number of hydrogen-bond donors (Lipinski definition) is 2. The Morgan fingerprint density at radius 1 is 1.23 bits per heavy atom. The molecule has 5 heteroatoms. The molecule has 0 aromatic heterocycles. The Balaban J connectivity index is 1.36. The Labute approximate surface area is 157 Å². The van der Waals surface area contributed by atoms with Gasteiger partial charge in [-0.05, 0) is 75.9 Å². The largest absolute Gasteiger partial charge is 0.497 e. The molecule has 144 valence electrons. The minimum atomic E-state index is 0.196. The maximum atomic E-state index is 12.4. The lowest BCUT2D eigenvalue weighted by Gasteiger charge is -2.33. The van der Waals surface area contributed by atoms with Crippen LogP contribution in [0, 0.1) is 11.8 Å². The molecule has 1 aromatic carbocycles. The van der Waals surface area contributed by atoms with Gasteiger partial charge in [0.15, 0.2) is 0 Å². The molecule has 2 saturated heterocycles. The fourth-order valence-electron chi connectivity index (χ4n) is 4.10. The minimum Gasteiger partial charge on any atom is -0.497 e. The van der Waals surface area contributed by atoms with Crippen molar-refractivity contribution in [1.29, 1.82) is 0 Å². The Morgan fingerprint density at radius 2 is 1.96 bits per heavy atom. The van der Waals surface area contributed by atoms with Crippen LogP contribution in [0.4, 0.5) is 0 Å².